The van der Waals surface area contributed by atoms with Gasteiger partial charge >= 0.3 is 5.97 Å². The average molecular weight is 1970 g/mol. The number of pyridine rings is 1. The Bertz CT molecular complexity index is 6130. The van der Waals surface area contributed by atoms with Crippen LogP contribution in [0.3, 0.4) is 0 Å². The number of carboxylic acid groups (broad SMARTS) is 1. The summed E-state index contributed by atoms with van der Waals surface area (Å²) in [5.41, 5.74) is 25.0. The molecular weight excluding hydrogens is 1800 g/mol. The number of carboxylic acids is 1. The van der Waals surface area contributed by atoms with Crippen molar-refractivity contribution in [3.63, 3.8) is 0 Å². The number of hydrogen-bond donors (Lipinski definition) is 3. The van der Waals surface area contributed by atoms with E-state index in [0.717, 1.165) is 120 Å². The second kappa shape index (κ2) is 51.3. The molecule has 3 N–H and O–H groups in total. The zero-order valence-corrected chi connectivity index (χ0v) is 91.4. The highest BCUT2D eigenvalue weighted by molar-refractivity contribution is 5.94. The van der Waals surface area contributed by atoms with Gasteiger partial charge in [0.2, 0.25) is 5.82 Å². The Morgan fingerprint density at radius 2 is 1.14 bits per heavy atom. The molecule has 9 aromatic carbocycles. The predicted octanol–water partition coefficient (Wildman–Crippen LogP) is 23.3. The number of nitrogens with zero attached hydrogens (tertiary/aromatic N) is 13. The zero-order chi connectivity index (χ0) is 104. The van der Waals surface area contributed by atoms with E-state index >= 15 is 0 Å². The number of ketones is 1. The van der Waals surface area contributed by atoms with Gasteiger partial charge in [0.05, 0.1) is 30.2 Å². The topological polar surface area (TPSA) is 186 Å². The van der Waals surface area contributed by atoms with Crippen molar-refractivity contribution in [1.29, 1.82) is 0 Å². The Morgan fingerprint density at radius 3 is 1.73 bits per heavy atom. The second-order valence-electron chi connectivity index (χ2n) is 44.8. The minimum atomic E-state index is -0.779. The third kappa shape index (κ3) is 27.8. The van der Waals surface area contributed by atoms with Gasteiger partial charge in [-0.05, 0) is 294 Å². The number of amides is 1. The summed E-state index contributed by atoms with van der Waals surface area (Å²) in [5.74, 6) is 2.59. The molecule has 0 radical (unpaired) electrons. The lowest BCUT2D eigenvalue weighted by atomic mass is 9.58. The number of likely N-dealkylation sites (N-methyl/N-ethyl adjacent to an activating group) is 1. The van der Waals surface area contributed by atoms with Gasteiger partial charge in [0.25, 0.3) is 5.91 Å². The van der Waals surface area contributed by atoms with Gasteiger partial charge in [-0.2, -0.15) is 4.80 Å². The molecule has 5 saturated heterocycles. The average Bonchev–Trinajstić information content (AvgIpc) is 0.753. The van der Waals surface area contributed by atoms with Crippen LogP contribution in [0.1, 0.15) is 252 Å². The Hall–Kier alpha value is -11.0. The first kappa shape index (κ1) is 111. The highest BCUT2D eigenvalue weighted by Crippen LogP contribution is 2.49. The van der Waals surface area contributed by atoms with Crippen molar-refractivity contribution in [2.24, 2.45) is 23.7 Å². The number of hydrogen-bond acceptors (Lipinski definition) is 16. The smallest absolute Gasteiger partial charge is 0.303 e. The van der Waals surface area contributed by atoms with E-state index < -0.39 is 5.97 Å². The summed E-state index contributed by atoms with van der Waals surface area (Å²) in [6, 6.07) is 80.2. The van der Waals surface area contributed by atoms with Crippen molar-refractivity contribution in [3.8, 4) is 17.1 Å². The van der Waals surface area contributed by atoms with Crippen molar-refractivity contribution < 1.29 is 24.6 Å². The number of likely N-dealkylation sites (tertiary alicyclic amines) is 3. The number of benzene rings is 9. The number of carbonyl (C=O) groups excluding carboxylic acids is 2. The number of aliphatic carboxylic acids is 1. The minimum Gasteiger partial charge on any atom is -0.508 e. The Morgan fingerprint density at radius 1 is 0.562 bits per heavy atom. The normalized spacial score (nSPS) is 23.3. The van der Waals surface area contributed by atoms with E-state index in [0.29, 0.717) is 103 Å². The first-order chi connectivity index (χ1) is 70.2. The number of para-hydroxylation sites is 1. The van der Waals surface area contributed by atoms with Gasteiger partial charge in [0.15, 0.2) is 0 Å². The van der Waals surface area contributed by atoms with Gasteiger partial charge in [-0.1, -0.05) is 263 Å². The fraction of sp³-hybridized carbons (Fsp3) is 0.488. The number of carbonyl (C=O) groups is 3. The number of fused-ring (bicyclic) bond motifs is 4. The van der Waals surface area contributed by atoms with Gasteiger partial charge in [-0.3, -0.25) is 39.0 Å². The number of phenols is 1. The number of piperazine rings is 2. The SMILES string of the molecule is C=CCN1C[C@H](C)N([C@H](c2ccc(-c3nnn(CCCCC(=O)O)n3)cc2)c2cccc(C)c2)C[C@H]1C.C=CCN1C[C@H](C)N([C@H](c2ccc(C(=O)N(CC)CC)cc2)c2cccc(C)c2)C[C@H]1C.CCC1(c2cccc(C)c2)CCCCN(C)C1.Cc1cccc([C@@]23CCN(C)C[C@H]2Cc2cc4ccccc4nc2C3)c1.Cc1cccc([C@]2(C)CCN(C[C@@H](CC(=O)[C@H]3Cc4ccc(O)cc4CN3)C(C)C)C[C@@H]2C)c1. The van der Waals surface area contributed by atoms with Gasteiger partial charge in [-0.25, -0.2) is 0 Å². The van der Waals surface area contributed by atoms with Crippen LogP contribution in [0.5, 0.6) is 5.75 Å². The standard InChI is InChI=1S/C30H42N2O2.C29H38N6O2.C28H39N3O.C24H26N2.C16H25N/c1-20(2)25(16-29(34)28-15-23-9-10-27(33)14-24(23)17-31-28)19-32-12-11-30(5,22(4)18-32)26-8-6-7-21(3)13-26;1-5-16-33-19-23(4)34(20-22(33)3)28(26-10-8-9-21(2)18-26)24-12-14-25(15-13-24)29-30-32-35(31-29)17-7-6-11-27(36)37;1-7-17-30-19-23(6)31(20-22(30)5)27(26-12-10-11-21(4)18-26)24-13-15-25(16-14-24)28(32)29(8-2)9-3;1-17-6-5-8-20(12-17)24-10-11-26(2)16-21(24)14-19-13-18-7-3-4-9-22(18)25-23(19)15-24;1-4-16(10-5-6-11-17(3)13-16)15-9-7-8-14(2)12-15/h6-10,13-14,20,22,25,28,31,33H,11-12,15-19H2,1-5H3;5,8-10,12-15,18,22-23,28H,1,6-7,11,16-17,19-20H2,2-4H3,(H,36,37);7,10-16,18,22-23,27H,1,8-9,17,19-20H2,2-6H3;3-9,12-13,21H,10-11,14-16H2,1-2H3;7-9,12H,4-6,10-11,13H2,1-3H3/t22-,25+,28+,30+;22-,23+,28-;22-,23+,27-;21-,24+;/m0111./s1. The van der Waals surface area contributed by atoms with Crippen molar-refractivity contribution in [2.45, 2.75) is 266 Å². The maximum Gasteiger partial charge on any atom is 0.303 e. The number of nitrogens with one attached hydrogen (secondary N) is 1. The highest BCUT2D eigenvalue weighted by Gasteiger charge is 2.48. The van der Waals surface area contributed by atoms with Gasteiger partial charge in [-0.15, -0.1) is 23.4 Å². The molecule has 19 heteroatoms. The molecule has 13 atom stereocenters. The molecular formula is C127H170N14O5. The van der Waals surface area contributed by atoms with E-state index in [4.69, 9.17) is 10.1 Å². The van der Waals surface area contributed by atoms with Crippen LogP contribution in [-0.4, -0.2) is 235 Å². The molecule has 8 heterocycles. The third-order valence-corrected chi connectivity index (χ3v) is 33.6. The molecule has 7 aliphatic rings. The van der Waals surface area contributed by atoms with Crippen LogP contribution in [0.25, 0.3) is 22.3 Å². The van der Waals surface area contributed by atoms with Crippen molar-refractivity contribution in [2.75, 3.05) is 112 Å². The zero-order valence-electron chi connectivity index (χ0n) is 91.4. The summed E-state index contributed by atoms with van der Waals surface area (Å²) >= 11 is 0. The van der Waals surface area contributed by atoms with Crippen LogP contribution in [0.2, 0.25) is 0 Å². The first-order valence-corrected chi connectivity index (χ1v) is 54.8. The fourth-order valence-corrected chi connectivity index (χ4v) is 24.5. The lowest BCUT2D eigenvalue weighted by Crippen LogP contribution is -2.57. The number of aromatic nitrogens is 5. The summed E-state index contributed by atoms with van der Waals surface area (Å²) in [6.07, 6.45) is 16.7. The van der Waals surface area contributed by atoms with Crippen LogP contribution in [0.4, 0.5) is 0 Å². The maximum atomic E-state index is 13.3. The summed E-state index contributed by atoms with van der Waals surface area (Å²) in [5, 5.41) is 36.1. The summed E-state index contributed by atoms with van der Waals surface area (Å²) < 4.78 is 0. The third-order valence-electron chi connectivity index (χ3n) is 33.6. The lowest BCUT2D eigenvalue weighted by molar-refractivity contribution is -0.137. The second-order valence-corrected chi connectivity index (χ2v) is 44.8. The predicted molar refractivity (Wildman–Crippen MR) is 601 cm³/mol. The van der Waals surface area contributed by atoms with Crippen LogP contribution >= 0.6 is 0 Å². The monoisotopic (exact) mass is 1970 g/mol. The number of unbranched alkanes of at least 4 members (excludes halogenated alkanes) is 1. The van der Waals surface area contributed by atoms with E-state index in [1.54, 1.807) is 16.4 Å². The Kier molecular flexibility index (Phi) is 38.9. The quantitative estimate of drug-likeness (QED) is 0.0297. The molecule has 0 bridgehead atoms. The molecule has 1 unspecified atom stereocenters. The van der Waals surface area contributed by atoms with Crippen LogP contribution in [-0.2, 0) is 58.2 Å². The number of piperidine rings is 2. The molecule has 11 aromatic rings. The molecule has 0 saturated carbocycles. The lowest BCUT2D eigenvalue weighted by Gasteiger charge is -2.50. The Labute approximate surface area is 874 Å². The van der Waals surface area contributed by atoms with Crippen LogP contribution in [0, 0.1) is 58.3 Å². The molecule has 6 aliphatic heterocycles. The van der Waals surface area contributed by atoms with Gasteiger partial charge < -0.3 is 35.1 Å². The molecule has 0 spiro atoms. The molecule has 19 nitrogen and oxygen atoms in total. The first-order valence-electron chi connectivity index (χ1n) is 54.8. The number of aryl methyl sites for hydroxylation is 6. The van der Waals surface area contributed by atoms with E-state index in [9.17, 15) is 19.5 Å². The van der Waals surface area contributed by atoms with Gasteiger partial charge in [0, 0.05) is 162 Å². The van der Waals surface area contributed by atoms with E-state index in [1.807, 2.05) is 55.2 Å². The molecule has 2 aromatic heterocycles. The van der Waals surface area contributed by atoms with E-state index in [-0.39, 0.29) is 41.3 Å². The number of tetrazole rings is 1. The molecule has 146 heavy (non-hydrogen) atoms. The molecule has 18 rings (SSSR count). The number of Topliss-reactive ketones (excluding diaryl/α,β-unsaturated/α-hetero) is 1. The molecule has 778 valence electrons. The molecule has 1 aliphatic carbocycles. The Balaban J connectivity index is 0.000000147. The summed E-state index contributed by atoms with van der Waals surface area (Å²) in [6.45, 7) is 60.3. The largest absolute Gasteiger partial charge is 0.508 e. The van der Waals surface area contributed by atoms with Crippen molar-refractivity contribution in [3.05, 3.63) is 338 Å². The highest BCUT2D eigenvalue weighted by atomic mass is 16.4. The van der Waals surface area contributed by atoms with Gasteiger partial charge in [0.1, 0.15) is 11.5 Å². The summed E-state index contributed by atoms with van der Waals surface area (Å²) in [7, 11) is 4.54. The minimum absolute atomic E-state index is 0.105. The van der Waals surface area contributed by atoms with Crippen molar-refractivity contribution in [1.82, 2.24) is 69.7 Å². The van der Waals surface area contributed by atoms with Crippen molar-refractivity contribution >= 4 is 28.6 Å². The number of rotatable bonds is 29. The summed E-state index contributed by atoms with van der Waals surface area (Å²) in [4.78, 5) is 63.2. The number of phenolic OH excluding ortho intramolecular Hbond substituents is 1. The fourth-order valence-electron chi connectivity index (χ4n) is 24.5. The molecule has 1 amide bonds. The molecule has 5 fully saturated rings. The van der Waals surface area contributed by atoms with Crippen LogP contribution < -0.4 is 5.32 Å². The maximum absolute atomic E-state index is 13.3. The number of aromatic hydroxyl groups is 1. The van der Waals surface area contributed by atoms with E-state index in [1.165, 1.54) is 142 Å². The van der Waals surface area contributed by atoms with Crippen LogP contribution in [0.15, 0.2) is 244 Å². The van der Waals surface area contributed by atoms with E-state index in [2.05, 4.69) is 367 Å².